The summed E-state index contributed by atoms with van der Waals surface area (Å²) < 4.78 is 44.8. The highest BCUT2D eigenvalue weighted by atomic mass is 35.5. The first-order valence-corrected chi connectivity index (χ1v) is 6.91. The summed E-state index contributed by atoms with van der Waals surface area (Å²) in [7, 11) is 1.10. The van der Waals surface area contributed by atoms with Gasteiger partial charge in [0.2, 0.25) is 0 Å². The summed E-state index contributed by atoms with van der Waals surface area (Å²) in [5.41, 5.74) is -1.27. The van der Waals surface area contributed by atoms with Crippen molar-refractivity contribution in [1.29, 1.82) is 0 Å². The van der Waals surface area contributed by atoms with E-state index in [0.29, 0.717) is 0 Å². The normalized spacial score (nSPS) is 11.4. The molecule has 0 spiro atoms. The third-order valence-corrected chi connectivity index (χ3v) is 3.56. The Morgan fingerprint density at radius 1 is 1.21 bits per heavy atom. The number of hydrogen-bond acceptors (Lipinski definition) is 3. The van der Waals surface area contributed by atoms with Gasteiger partial charge in [-0.25, -0.2) is 0 Å². The quantitative estimate of drug-likeness (QED) is 0.875. The van der Waals surface area contributed by atoms with Crippen molar-refractivity contribution in [1.82, 2.24) is 5.32 Å². The maximum absolute atomic E-state index is 13.4. The minimum atomic E-state index is -4.71. The van der Waals surface area contributed by atoms with Crippen LogP contribution in [0.1, 0.15) is 15.9 Å². The first-order valence-electron chi connectivity index (χ1n) is 6.53. The number of fused-ring (bicyclic) bond motifs is 1. The zero-order valence-electron chi connectivity index (χ0n) is 12.2. The molecule has 1 amide bonds. The van der Waals surface area contributed by atoms with Crippen molar-refractivity contribution < 1.29 is 32.6 Å². The molecule has 9 heteroatoms. The van der Waals surface area contributed by atoms with E-state index >= 15 is 0 Å². The maximum Gasteiger partial charge on any atom is 0.420 e. The summed E-state index contributed by atoms with van der Waals surface area (Å²) in [6.07, 6.45) is -4.71. The summed E-state index contributed by atoms with van der Waals surface area (Å²) >= 11 is 5.93. The predicted molar refractivity (Wildman–Crippen MR) is 80.5 cm³/mol. The lowest BCUT2D eigenvalue weighted by Gasteiger charge is -2.17. The fraction of sp³-hybridized carbons (Fsp3) is 0.200. The lowest BCUT2D eigenvalue weighted by atomic mass is 9.98. The topological polar surface area (TPSA) is 75.6 Å². The monoisotopic (exact) mass is 361 g/mol. The molecule has 2 aromatic carbocycles. The Bertz CT molecular complexity index is 820. The van der Waals surface area contributed by atoms with Gasteiger partial charge in [-0.2, -0.15) is 13.2 Å². The summed E-state index contributed by atoms with van der Waals surface area (Å²) in [5, 5.41) is 10.3. The Balaban J connectivity index is 2.72. The maximum atomic E-state index is 13.4. The van der Waals surface area contributed by atoms with E-state index in [-0.39, 0.29) is 21.4 Å². The number of hydrogen-bond donors (Lipinski definition) is 2. The van der Waals surface area contributed by atoms with E-state index < -0.39 is 35.9 Å². The summed E-state index contributed by atoms with van der Waals surface area (Å²) in [4.78, 5) is 22.7. The van der Waals surface area contributed by atoms with Crippen LogP contribution in [-0.2, 0) is 11.0 Å². The van der Waals surface area contributed by atoms with Gasteiger partial charge in [-0.05, 0) is 29.0 Å². The Morgan fingerprint density at radius 2 is 1.83 bits per heavy atom. The van der Waals surface area contributed by atoms with Crippen molar-refractivity contribution in [2.45, 2.75) is 6.18 Å². The molecule has 0 bridgehead atoms. The SMILES string of the molecule is COc1ccc2c(C(=O)NCC(=O)O)c(Cl)ccc2c1C(F)(F)F. The molecule has 0 aliphatic carbocycles. The molecule has 128 valence electrons. The van der Waals surface area contributed by atoms with Gasteiger partial charge in [0.25, 0.3) is 5.91 Å². The summed E-state index contributed by atoms with van der Waals surface area (Å²) in [5.74, 6) is -2.57. The molecule has 0 heterocycles. The number of carboxylic acid groups (broad SMARTS) is 1. The van der Waals surface area contributed by atoms with E-state index in [1.807, 2.05) is 0 Å². The molecule has 0 radical (unpaired) electrons. The van der Waals surface area contributed by atoms with Gasteiger partial charge in [0.05, 0.1) is 17.7 Å². The Morgan fingerprint density at radius 3 is 2.38 bits per heavy atom. The lowest BCUT2D eigenvalue weighted by molar-refractivity contribution is -0.137. The van der Waals surface area contributed by atoms with Crippen molar-refractivity contribution in [2.24, 2.45) is 0 Å². The van der Waals surface area contributed by atoms with Crippen molar-refractivity contribution in [3.63, 3.8) is 0 Å². The molecular formula is C15H11ClF3NO4. The molecule has 0 aliphatic heterocycles. The molecule has 2 aromatic rings. The fourth-order valence-electron chi connectivity index (χ4n) is 2.30. The van der Waals surface area contributed by atoms with Gasteiger partial charge >= 0.3 is 12.1 Å². The number of methoxy groups -OCH3 is 1. The third kappa shape index (κ3) is 3.38. The standard InChI is InChI=1S/C15H11ClF3NO4/c1-24-10-5-3-7-8(13(10)15(17,18)19)2-4-9(16)12(7)14(23)20-6-11(21)22/h2-5H,6H2,1H3,(H,20,23)(H,21,22). The van der Waals surface area contributed by atoms with Gasteiger partial charge in [0, 0.05) is 0 Å². The molecule has 5 nitrogen and oxygen atoms in total. The Kier molecular flexibility index (Phi) is 4.88. The van der Waals surface area contributed by atoms with Crippen LogP contribution < -0.4 is 10.1 Å². The van der Waals surface area contributed by atoms with Crippen LogP contribution in [0.4, 0.5) is 13.2 Å². The molecule has 0 saturated carbocycles. The second-order valence-corrected chi connectivity index (χ2v) is 5.14. The largest absolute Gasteiger partial charge is 0.496 e. The molecule has 0 fully saturated rings. The van der Waals surface area contributed by atoms with Gasteiger partial charge in [0.15, 0.2) is 0 Å². The van der Waals surface area contributed by atoms with Gasteiger partial charge in [-0.15, -0.1) is 0 Å². The third-order valence-electron chi connectivity index (χ3n) is 3.24. The lowest BCUT2D eigenvalue weighted by Crippen LogP contribution is -2.29. The number of carboxylic acids is 1. The van der Waals surface area contributed by atoms with Crippen LogP contribution in [-0.4, -0.2) is 30.6 Å². The van der Waals surface area contributed by atoms with Gasteiger partial charge in [-0.3, -0.25) is 9.59 Å². The minimum absolute atomic E-state index is 0.0569. The molecule has 0 atom stereocenters. The van der Waals surface area contributed by atoms with Crippen LogP contribution in [0.5, 0.6) is 5.75 Å². The van der Waals surface area contributed by atoms with Crippen LogP contribution in [0.25, 0.3) is 10.8 Å². The molecule has 0 aromatic heterocycles. The zero-order chi connectivity index (χ0) is 18.1. The van der Waals surface area contributed by atoms with Crippen molar-refractivity contribution in [2.75, 3.05) is 13.7 Å². The van der Waals surface area contributed by atoms with E-state index in [9.17, 15) is 22.8 Å². The zero-order valence-corrected chi connectivity index (χ0v) is 13.0. The van der Waals surface area contributed by atoms with Crippen molar-refractivity contribution >= 4 is 34.2 Å². The Labute approximate surface area is 139 Å². The first kappa shape index (κ1) is 17.9. The number of carbonyl (C=O) groups excluding carboxylic acids is 1. The number of alkyl halides is 3. The number of halogens is 4. The number of benzene rings is 2. The van der Waals surface area contributed by atoms with E-state index in [1.165, 1.54) is 6.07 Å². The van der Waals surface area contributed by atoms with Crippen molar-refractivity contribution in [3.05, 3.63) is 40.4 Å². The molecule has 2 rings (SSSR count). The fourth-order valence-corrected chi connectivity index (χ4v) is 2.55. The average Bonchev–Trinajstić information content (AvgIpc) is 2.50. The highest BCUT2D eigenvalue weighted by Crippen LogP contribution is 2.42. The molecule has 0 saturated heterocycles. The molecule has 24 heavy (non-hydrogen) atoms. The number of aliphatic carboxylic acids is 1. The van der Waals surface area contributed by atoms with E-state index in [1.54, 1.807) is 0 Å². The van der Waals surface area contributed by atoms with E-state index in [4.69, 9.17) is 21.4 Å². The van der Waals surface area contributed by atoms with Crippen molar-refractivity contribution in [3.8, 4) is 5.75 Å². The average molecular weight is 362 g/mol. The molecule has 0 aliphatic rings. The van der Waals surface area contributed by atoms with Crippen LogP contribution in [0.3, 0.4) is 0 Å². The summed E-state index contributed by atoms with van der Waals surface area (Å²) in [6, 6.07) is 4.63. The van der Waals surface area contributed by atoms with Crippen LogP contribution in [0, 0.1) is 0 Å². The number of carbonyl (C=O) groups is 2. The van der Waals surface area contributed by atoms with Crippen LogP contribution >= 0.6 is 11.6 Å². The number of nitrogens with one attached hydrogen (secondary N) is 1. The minimum Gasteiger partial charge on any atom is -0.496 e. The predicted octanol–water partition coefficient (Wildman–Crippen LogP) is 3.34. The highest BCUT2D eigenvalue weighted by molar-refractivity contribution is 6.35. The second kappa shape index (κ2) is 6.56. The number of ether oxygens (including phenoxy) is 1. The summed E-state index contributed by atoms with van der Waals surface area (Å²) in [6.45, 7) is -0.687. The van der Waals surface area contributed by atoms with E-state index in [0.717, 1.165) is 25.3 Å². The first-order chi connectivity index (χ1) is 11.2. The number of rotatable bonds is 4. The highest BCUT2D eigenvalue weighted by Gasteiger charge is 2.37. The Hall–Kier alpha value is -2.48. The van der Waals surface area contributed by atoms with Gasteiger partial charge in [0.1, 0.15) is 17.9 Å². The van der Waals surface area contributed by atoms with Crippen LogP contribution in [0.2, 0.25) is 5.02 Å². The molecule has 2 N–H and O–H groups in total. The number of amides is 1. The van der Waals surface area contributed by atoms with Gasteiger partial charge in [-0.1, -0.05) is 17.7 Å². The van der Waals surface area contributed by atoms with Crippen LogP contribution in [0.15, 0.2) is 24.3 Å². The second-order valence-electron chi connectivity index (χ2n) is 4.73. The van der Waals surface area contributed by atoms with E-state index in [2.05, 4.69) is 5.32 Å². The van der Waals surface area contributed by atoms with Gasteiger partial charge < -0.3 is 15.2 Å². The molecule has 0 unspecified atom stereocenters. The molecular weight excluding hydrogens is 351 g/mol. The smallest absolute Gasteiger partial charge is 0.420 e.